The van der Waals surface area contributed by atoms with Gasteiger partial charge >= 0.3 is 6.61 Å². The number of aromatic nitrogens is 3. The number of anilines is 2. The van der Waals surface area contributed by atoms with Gasteiger partial charge in [0.05, 0.1) is 23.5 Å². The molecule has 7 nitrogen and oxygen atoms in total. The molecule has 0 aliphatic heterocycles. The number of alkyl halides is 3. The maximum atomic E-state index is 14.3. The number of carbonyl (C=O) groups is 1. The van der Waals surface area contributed by atoms with Crippen molar-refractivity contribution in [3.05, 3.63) is 58.6 Å². The lowest BCUT2D eigenvalue weighted by Crippen LogP contribution is -2.24. The minimum atomic E-state index is -3.30. The molecule has 30 heavy (non-hydrogen) atoms. The second-order valence-corrected chi connectivity index (χ2v) is 6.77. The summed E-state index contributed by atoms with van der Waals surface area (Å²) in [7, 11) is 0. The molecule has 12 heteroatoms. The zero-order valence-corrected chi connectivity index (χ0v) is 16.7. The fraction of sp³-hybridized carbons (Fsp3) is 0.167. The smallest absolute Gasteiger partial charge is 0.365 e. The number of rotatable bonds is 8. The van der Waals surface area contributed by atoms with Crippen molar-refractivity contribution in [2.75, 3.05) is 11.7 Å². The van der Waals surface area contributed by atoms with E-state index in [2.05, 4.69) is 30.7 Å². The molecule has 0 radical (unpaired) electrons. The normalized spacial score (nSPS) is 11.1. The van der Waals surface area contributed by atoms with E-state index in [1.165, 1.54) is 41.2 Å². The predicted octanol–water partition coefficient (Wildman–Crippen LogP) is 4.21. The fourth-order valence-corrected chi connectivity index (χ4v) is 3.01. The van der Waals surface area contributed by atoms with Crippen molar-refractivity contribution in [3.63, 3.8) is 0 Å². The Hall–Kier alpha value is -2.99. The van der Waals surface area contributed by atoms with Gasteiger partial charge in [-0.2, -0.15) is 18.7 Å². The SMILES string of the molecule is NC(=O)c1cc(-c2ccnc(N(OC(F)F)c3cc(Br)ccc3F)n2)n(CCF)c1. The average Bonchev–Trinajstić information content (AvgIpc) is 3.13. The van der Waals surface area contributed by atoms with Gasteiger partial charge in [-0.05, 0) is 30.3 Å². The fourth-order valence-electron chi connectivity index (χ4n) is 2.66. The van der Waals surface area contributed by atoms with E-state index < -0.39 is 31.0 Å². The number of hydrogen-bond donors (Lipinski definition) is 1. The number of halogens is 5. The van der Waals surface area contributed by atoms with Crippen LogP contribution in [-0.4, -0.2) is 33.7 Å². The zero-order chi connectivity index (χ0) is 21.8. The predicted molar refractivity (Wildman–Crippen MR) is 103 cm³/mol. The molecule has 0 aliphatic rings. The van der Waals surface area contributed by atoms with Crippen LogP contribution in [0.4, 0.5) is 29.2 Å². The molecule has 2 N–H and O–H groups in total. The Bertz CT molecular complexity index is 1060. The largest absolute Gasteiger partial charge is 0.366 e. The molecule has 0 saturated heterocycles. The number of aryl methyl sites for hydroxylation is 1. The third-order valence-corrected chi connectivity index (χ3v) is 4.40. The van der Waals surface area contributed by atoms with E-state index in [-0.39, 0.29) is 29.2 Å². The maximum Gasteiger partial charge on any atom is 0.365 e. The highest BCUT2D eigenvalue weighted by Crippen LogP contribution is 2.31. The molecule has 2 aromatic heterocycles. The molecule has 3 rings (SSSR count). The van der Waals surface area contributed by atoms with Crippen LogP contribution in [0, 0.1) is 5.82 Å². The van der Waals surface area contributed by atoms with Gasteiger partial charge < -0.3 is 10.3 Å². The van der Waals surface area contributed by atoms with Gasteiger partial charge in [-0.3, -0.25) is 4.79 Å². The van der Waals surface area contributed by atoms with Crippen molar-refractivity contribution in [2.45, 2.75) is 13.2 Å². The van der Waals surface area contributed by atoms with Crippen molar-refractivity contribution >= 4 is 33.5 Å². The van der Waals surface area contributed by atoms with E-state index in [0.29, 0.717) is 9.54 Å². The molecule has 0 spiro atoms. The molecule has 2 heterocycles. The van der Waals surface area contributed by atoms with Crippen LogP contribution in [0.2, 0.25) is 0 Å². The topological polar surface area (TPSA) is 86.3 Å². The number of primary amides is 1. The first-order chi connectivity index (χ1) is 14.3. The summed E-state index contributed by atoms with van der Waals surface area (Å²) < 4.78 is 55.0. The Labute approximate surface area is 176 Å². The lowest BCUT2D eigenvalue weighted by Gasteiger charge is -2.22. The van der Waals surface area contributed by atoms with Crippen molar-refractivity contribution in [3.8, 4) is 11.4 Å². The number of nitrogens with zero attached hydrogens (tertiary/aromatic N) is 4. The van der Waals surface area contributed by atoms with E-state index in [1.54, 1.807) is 0 Å². The summed E-state index contributed by atoms with van der Waals surface area (Å²) in [6.07, 6.45) is 2.58. The molecular formula is C18H14BrF4N5O2. The summed E-state index contributed by atoms with van der Waals surface area (Å²) in [4.78, 5) is 23.9. The summed E-state index contributed by atoms with van der Waals surface area (Å²) in [6, 6.07) is 6.44. The van der Waals surface area contributed by atoms with Gasteiger partial charge in [-0.15, -0.1) is 0 Å². The number of carbonyl (C=O) groups excluding carboxylic acids is 1. The van der Waals surface area contributed by atoms with Gasteiger partial charge in [0, 0.05) is 16.9 Å². The van der Waals surface area contributed by atoms with E-state index in [0.717, 1.165) is 6.07 Å². The van der Waals surface area contributed by atoms with Gasteiger partial charge in [0.25, 0.3) is 5.95 Å². The summed E-state index contributed by atoms with van der Waals surface area (Å²) >= 11 is 3.14. The van der Waals surface area contributed by atoms with Crippen LogP contribution in [0.15, 0.2) is 47.2 Å². The van der Waals surface area contributed by atoms with E-state index in [9.17, 15) is 22.4 Å². The Morgan fingerprint density at radius 1 is 1.30 bits per heavy atom. The molecule has 158 valence electrons. The highest BCUT2D eigenvalue weighted by atomic mass is 79.9. The van der Waals surface area contributed by atoms with Crippen molar-refractivity contribution in [1.29, 1.82) is 0 Å². The van der Waals surface area contributed by atoms with Crippen molar-refractivity contribution in [2.24, 2.45) is 5.73 Å². The lowest BCUT2D eigenvalue weighted by molar-refractivity contribution is -0.130. The lowest BCUT2D eigenvalue weighted by atomic mass is 10.2. The zero-order valence-electron chi connectivity index (χ0n) is 15.1. The number of amides is 1. The first kappa shape index (κ1) is 21.7. The molecule has 0 bridgehead atoms. The van der Waals surface area contributed by atoms with Gasteiger partial charge in [0.1, 0.15) is 18.2 Å². The molecule has 0 atom stereocenters. The van der Waals surface area contributed by atoms with Gasteiger partial charge in [-0.1, -0.05) is 15.9 Å². The van der Waals surface area contributed by atoms with Gasteiger partial charge in [0.2, 0.25) is 5.91 Å². The van der Waals surface area contributed by atoms with Crippen molar-refractivity contribution in [1.82, 2.24) is 14.5 Å². The molecule has 1 aromatic carbocycles. The van der Waals surface area contributed by atoms with Crippen LogP contribution < -0.4 is 10.8 Å². The third kappa shape index (κ3) is 4.76. The molecule has 0 saturated carbocycles. The van der Waals surface area contributed by atoms with Crippen LogP contribution in [0.3, 0.4) is 0 Å². The Morgan fingerprint density at radius 3 is 2.73 bits per heavy atom. The van der Waals surface area contributed by atoms with Crippen LogP contribution in [0.25, 0.3) is 11.4 Å². The minimum absolute atomic E-state index is 0.0978. The molecule has 0 unspecified atom stereocenters. The standard InChI is InChI=1S/C18H14BrF4N5O2/c19-11-1-2-12(21)14(8-11)28(30-17(22)23)18-25-5-3-13(26-18)15-7-10(16(24)29)9-27(15)6-4-20/h1-3,5,7-9,17H,4,6H2,(H2,24,29). The number of nitrogens with two attached hydrogens (primary N) is 1. The molecule has 3 aromatic rings. The van der Waals surface area contributed by atoms with Crippen molar-refractivity contribution < 1.29 is 27.2 Å². The highest BCUT2D eigenvalue weighted by Gasteiger charge is 2.23. The second kappa shape index (κ2) is 9.22. The maximum absolute atomic E-state index is 14.3. The van der Waals surface area contributed by atoms with E-state index in [1.807, 2.05) is 0 Å². The molecule has 0 aliphatic carbocycles. The number of hydrogen-bond acceptors (Lipinski definition) is 5. The first-order valence-corrected chi connectivity index (χ1v) is 9.19. The summed E-state index contributed by atoms with van der Waals surface area (Å²) in [5.74, 6) is -2.00. The van der Waals surface area contributed by atoms with Crippen LogP contribution >= 0.6 is 15.9 Å². The second-order valence-electron chi connectivity index (χ2n) is 5.86. The number of benzene rings is 1. The van der Waals surface area contributed by atoms with Crippen LogP contribution in [-0.2, 0) is 11.4 Å². The van der Waals surface area contributed by atoms with E-state index in [4.69, 9.17) is 5.73 Å². The monoisotopic (exact) mass is 487 g/mol. The average molecular weight is 488 g/mol. The van der Waals surface area contributed by atoms with E-state index >= 15 is 0 Å². The first-order valence-electron chi connectivity index (χ1n) is 8.39. The Kier molecular flexibility index (Phi) is 6.67. The van der Waals surface area contributed by atoms with Crippen LogP contribution in [0.5, 0.6) is 0 Å². The summed E-state index contributed by atoms with van der Waals surface area (Å²) in [6.45, 7) is -4.13. The molecular weight excluding hydrogens is 474 g/mol. The third-order valence-electron chi connectivity index (χ3n) is 3.91. The van der Waals surface area contributed by atoms with Crippen LogP contribution in [0.1, 0.15) is 10.4 Å². The molecule has 1 amide bonds. The van der Waals surface area contributed by atoms with Gasteiger partial charge in [0.15, 0.2) is 0 Å². The highest BCUT2D eigenvalue weighted by molar-refractivity contribution is 9.10. The Morgan fingerprint density at radius 2 is 2.07 bits per heavy atom. The summed E-state index contributed by atoms with van der Waals surface area (Å²) in [5.41, 5.74) is 5.46. The quantitative estimate of drug-likeness (QED) is 0.380. The summed E-state index contributed by atoms with van der Waals surface area (Å²) in [5, 5.41) is 0.450. The minimum Gasteiger partial charge on any atom is -0.366 e. The van der Waals surface area contributed by atoms with Gasteiger partial charge in [-0.25, -0.2) is 18.7 Å². The Balaban J connectivity index is 2.10. The molecule has 0 fully saturated rings.